The molecule has 0 aliphatic carbocycles. The number of nitrogens with one attached hydrogen (secondary N) is 1. The summed E-state index contributed by atoms with van der Waals surface area (Å²) in [5.41, 5.74) is 1.48. The van der Waals surface area contributed by atoms with Crippen LogP contribution in [-0.2, 0) is 4.79 Å². The van der Waals surface area contributed by atoms with Crippen LogP contribution in [0, 0.1) is 0 Å². The van der Waals surface area contributed by atoms with Crippen molar-refractivity contribution in [3.05, 3.63) is 70.6 Å². The molecule has 1 amide bonds. The molecule has 24 heavy (non-hydrogen) atoms. The maximum absolute atomic E-state index is 12.0. The first-order valence-corrected chi connectivity index (χ1v) is 8.40. The summed E-state index contributed by atoms with van der Waals surface area (Å²) < 4.78 is 5.97. The zero-order valence-electron chi connectivity index (χ0n) is 12.5. The zero-order valence-corrected chi connectivity index (χ0v) is 14.2. The lowest BCUT2D eigenvalue weighted by Gasteiger charge is -2.06. The van der Waals surface area contributed by atoms with Crippen molar-refractivity contribution < 1.29 is 14.3 Å². The van der Waals surface area contributed by atoms with Crippen molar-refractivity contribution in [3.8, 4) is 5.75 Å². The second kappa shape index (κ2) is 7.42. The number of thiocarbonyl (C=S) groups is 1. The highest BCUT2D eigenvalue weighted by Crippen LogP contribution is 2.26. The van der Waals surface area contributed by atoms with E-state index in [1.807, 2.05) is 30.3 Å². The molecule has 0 atom stereocenters. The number of rotatable bonds is 5. The van der Waals surface area contributed by atoms with Gasteiger partial charge in [-0.15, -0.1) is 0 Å². The van der Waals surface area contributed by atoms with Gasteiger partial charge in [0.05, 0.1) is 4.91 Å². The van der Waals surface area contributed by atoms with Crippen molar-refractivity contribution in [2.24, 2.45) is 0 Å². The van der Waals surface area contributed by atoms with Crippen LogP contribution in [0.5, 0.6) is 5.75 Å². The van der Waals surface area contributed by atoms with E-state index >= 15 is 0 Å². The van der Waals surface area contributed by atoms with Crippen LogP contribution < -0.4 is 10.1 Å². The van der Waals surface area contributed by atoms with Gasteiger partial charge < -0.3 is 10.1 Å². The molecule has 1 N–H and O–H groups in total. The number of benzene rings is 2. The van der Waals surface area contributed by atoms with Gasteiger partial charge in [-0.25, -0.2) is 0 Å². The second-order valence-corrected chi connectivity index (χ2v) is 6.72. The Kier molecular flexibility index (Phi) is 5.08. The van der Waals surface area contributed by atoms with E-state index in [0.717, 1.165) is 5.56 Å². The third-order valence-corrected chi connectivity index (χ3v) is 4.45. The quantitative estimate of drug-likeness (QED) is 0.506. The minimum Gasteiger partial charge on any atom is -0.485 e. The van der Waals surface area contributed by atoms with E-state index in [4.69, 9.17) is 17.0 Å². The number of thioether (sulfide) groups is 1. The van der Waals surface area contributed by atoms with E-state index in [9.17, 15) is 9.59 Å². The molecule has 1 saturated heterocycles. The molecule has 6 heteroatoms. The van der Waals surface area contributed by atoms with Crippen molar-refractivity contribution in [2.45, 2.75) is 0 Å². The Bertz CT molecular complexity index is 814. The van der Waals surface area contributed by atoms with Gasteiger partial charge in [-0.05, 0) is 23.8 Å². The lowest BCUT2D eigenvalue weighted by molar-refractivity contribution is -0.115. The number of ether oxygens (including phenoxy) is 1. The van der Waals surface area contributed by atoms with Crippen LogP contribution in [0.4, 0.5) is 0 Å². The molecule has 120 valence electrons. The summed E-state index contributed by atoms with van der Waals surface area (Å²) >= 11 is 6.19. The monoisotopic (exact) mass is 355 g/mol. The number of ketones is 1. The lowest BCUT2D eigenvalue weighted by Crippen LogP contribution is -2.17. The maximum Gasteiger partial charge on any atom is 0.263 e. The van der Waals surface area contributed by atoms with Crippen LogP contribution >= 0.6 is 24.0 Å². The Hall–Kier alpha value is -2.44. The summed E-state index contributed by atoms with van der Waals surface area (Å²) in [5.74, 6) is 0.341. The average molecular weight is 355 g/mol. The summed E-state index contributed by atoms with van der Waals surface area (Å²) in [4.78, 5) is 24.2. The first kappa shape index (κ1) is 16.4. The van der Waals surface area contributed by atoms with Gasteiger partial charge in [-0.2, -0.15) is 0 Å². The first-order chi connectivity index (χ1) is 11.6. The number of amides is 1. The zero-order chi connectivity index (χ0) is 16.9. The maximum atomic E-state index is 12.0. The highest BCUT2D eigenvalue weighted by atomic mass is 32.2. The van der Waals surface area contributed by atoms with Crippen LogP contribution in [0.1, 0.15) is 15.9 Å². The fourth-order valence-electron chi connectivity index (χ4n) is 2.09. The molecular weight excluding hydrogens is 342 g/mol. The molecule has 0 unspecified atom stereocenters. The van der Waals surface area contributed by atoms with Gasteiger partial charge in [0.1, 0.15) is 10.1 Å². The largest absolute Gasteiger partial charge is 0.485 e. The predicted octanol–water partition coefficient (Wildman–Crippen LogP) is 3.44. The van der Waals surface area contributed by atoms with Crippen molar-refractivity contribution in [1.29, 1.82) is 0 Å². The Morgan fingerprint density at radius 2 is 1.83 bits per heavy atom. The van der Waals surface area contributed by atoms with E-state index in [-0.39, 0.29) is 18.3 Å². The molecule has 1 aliphatic heterocycles. The molecule has 0 saturated carbocycles. The minimum atomic E-state index is -0.182. The fourth-order valence-corrected chi connectivity index (χ4v) is 3.13. The second-order valence-electron chi connectivity index (χ2n) is 5.00. The summed E-state index contributed by atoms with van der Waals surface area (Å²) in [7, 11) is 0. The minimum absolute atomic E-state index is 0.0169. The van der Waals surface area contributed by atoms with Gasteiger partial charge >= 0.3 is 0 Å². The summed E-state index contributed by atoms with van der Waals surface area (Å²) in [6, 6.07) is 16.2. The number of hydrogen-bond donors (Lipinski definition) is 1. The Balaban J connectivity index is 1.61. The molecule has 4 nitrogen and oxygen atoms in total. The van der Waals surface area contributed by atoms with E-state index in [1.165, 1.54) is 11.8 Å². The molecule has 0 bridgehead atoms. The third-order valence-electron chi connectivity index (χ3n) is 3.29. The average Bonchev–Trinajstić information content (AvgIpc) is 2.92. The lowest BCUT2D eigenvalue weighted by atomic mass is 10.1. The number of Topliss-reactive ketones (excluding diaryl/α,β-unsaturated/α-hetero) is 1. The summed E-state index contributed by atoms with van der Waals surface area (Å²) in [6.45, 7) is -0.0169. The Morgan fingerprint density at radius 1 is 1.12 bits per heavy atom. The van der Waals surface area contributed by atoms with Crippen LogP contribution in [0.3, 0.4) is 0 Å². The van der Waals surface area contributed by atoms with E-state index in [0.29, 0.717) is 20.5 Å². The molecule has 1 heterocycles. The summed E-state index contributed by atoms with van der Waals surface area (Å²) in [5, 5.41) is 2.57. The first-order valence-electron chi connectivity index (χ1n) is 7.18. The van der Waals surface area contributed by atoms with Crippen molar-refractivity contribution >= 4 is 46.1 Å². The number of hydrogen-bond acceptors (Lipinski definition) is 5. The van der Waals surface area contributed by atoms with Gasteiger partial charge in [-0.1, -0.05) is 66.4 Å². The Labute approximate surface area is 148 Å². The highest BCUT2D eigenvalue weighted by Gasteiger charge is 2.21. The van der Waals surface area contributed by atoms with Crippen molar-refractivity contribution in [3.63, 3.8) is 0 Å². The number of carbonyl (C=O) groups is 2. The third kappa shape index (κ3) is 4.10. The normalized spacial score (nSPS) is 15.4. The SMILES string of the molecule is O=C1NC(=S)S/C1=C\c1ccc(OCC(=O)c2ccccc2)cc1. The van der Waals surface area contributed by atoms with Crippen molar-refractivity contribution in [1.82, 2.24) is 5.32 Å². The van der Waals surface area contributed by atoms with Crippen LogP contribution in [-0.4, -0.2) is 22.6 Å². The highest BCUT2D eigenvalue weighted by molar-refractivity contribution is 8.26. The predicted molar refractivity (Wildman–Crippen MR) is 99.0 cm³/mol. The molecule has 0 spiro atoms. The van der Waals surface area contributed by atoms with Gasteiger partial charge in [0.2, 0.25) is 0 Å². The van der Waals surface area contributed by atoms with Gasteiger partial charge in [0.15, 0.2) is 12.4 Å². The van der Waals surface area contributed by atoms with Gasteiger partial charge in [0, 0.05) is 5.56 Å². The Morgan fingerprint density at radius 3 is 2.46 bits per heavy atom. The van der Waals surface area contributed by atoms with Crippen LogP contribution in [0.15, 0.2) is 59.5 Å². The number of carbonyl (C=O) groups excluding carboxylic acids is 2. The van der Waals surface area contributed by atoms with Crippen LogP contribution in [0.2, 0.25) is 0 Å². The standard InChI is InChI=1S/C18H13NO3S2/c20-15(13-4-2-1-3-5-13)11-22-14-8-6-12(7-9-14)10-16-17(21)19-18(23)24-16/h1-10H,11H2,(H,19,21,23)/b16-10-. The molecule has 0 aromatic heterocycles. The van der Waals surface area contributed by atoms with Crippen molar-refractivity contribution in [2.75, 3.05) is 6.61 Å². The van der Waals surface area contributed by atoms with E-state index in [1.54, 1.807) is 30.3 Å². The topological polar surface area (TPSA) is 55.4 Å². The molecule has 2 aromatic rings. The molecule has 1 aliphatic rings. The smallest absolute Gasteiger partial charge is 0.263 e. The fraction of sp³-hybridized carbons (Fsp3) is 0.0556. The molecule has 3 rings (SSSR count). The molecular formula is C18H13NO3S2. The molecule has 2 aromatic carbocycles. The van der Waals surface area contributed by atoms with Gasteiger partial charge in [0.25, 0.3) is 5.91 Å². The van der Waals surface area contributed by atoms with E-state index < -0.39 is 0 Å². The summed E-state index contributed by atoms with van der Waals surface area (Å²) in [6.07, 6.45) is 1.76. The molecule has 1 fully saturated rings. The van der Waals surface area contributed by atoms with E-state index in [2.05, 4.69) is 5.32 Å². The van der Waals surface area contributed by atoms with Gasteiger partial charge in [-0.3, -0.25) is 9.59 Å². The van der Waals surface area contributed by atoms with Crippen LogP contribution in [0.25, 0.3) is 6.08 Å². The molecule has 0 radical (unpaired) electrons.